The van der Waals surface area contributed by atoms with Crippen molar-refractivity contribution in [2.75, 3.05) is 33.2 Å². The van der Waals surface area contributed by atoms with Gasteiger partial charge in [-0.3, -0.25) is 9.59 Å². The summed E-state index contributed by atoms with van der Waals surface area (Å²) in [6.07, 6.45) is 3.40. The zero-order chi connectivity index (χ0) is 19.3. The molecule has 5 rings (SSSR count). The first-order valence-electron chi connectivity index (χ1n) is 10.1. The van der Waals surface area contributed by atoms with Crippen molar-refractivity contribution in [1.29, 1.82) is 0 Å². The summed E-state index contributed by atoms with van der Waals surface area (Å²) in [7, 11) is 2.08. The maximum absolute atomic E-state index is 12.8. The van der Waals surface area contributed by atoms with E-state index in [1.165, 1.54) is 17.8 Å². The predicted octanol–water partition coefficient (Wildman–Crippen LogP) is 1.91. The van der Waals surface area contributed by atoms with Crippen molar-refractivity contribution in [3.63, 3.8) is 0 Å². The van der Waals surface area contributed by atoms with E-state index in [2.05, 4.69) is 22.6 Å². The molecule has 4 heterocycles. The quantitative estimate of drug-likeness (QED) is 0.829. The summed E-state index contributed by atoms with van der Waals surface area (Å²) in [5.41, 5.74) is 0.677. The van der Waals surface area contributed by atoms with Crippen LogP contribution in [-0.2, 0) is 0 Å². The van der Waals surface area contributed by atoms with Crippen molar-refractivity contribution < 1.29 is 9.59 Å². The molecule has 2 amide bonds. The SMILES string of the molecule is CN1CCN(C(=O)c2cc3ccc(C(=O)N[C@@H]4C[C@H]5CC[C@@H]4N5)cc3s2)CC1. The predicted molar refractivity (Wildman–Crippen MR) is 111 cm³/mol. The number of fused-ring (bicyclic) bond motifs is 3. The van der Waals surface area contributed by atoms with Gasteiger partial charge in [0.25, 0.3) is 11.8 Å². The fourth-order valence-corrected chi connectivity index (χ4v) is 5.75. The number of thiophene rings is 1. The number of likely N-dealkylation sites (N-methyl/N-ethyl adjacent to an activating group) is 1. The summed E-state index contributed by atoms with van der Waals surface area (Å²) in [5.74, 6) is 0.0925. The first kappa shape index (κ1) is 18.1. The number of piperazine rings is 1. The van der Waals surface area contributed by atoms with Gasteiger partial charge in [-0.25, -0.2) is 0 Å². The molecule has 28 heavy (non-hydrogen) atoms. The van der Waals surface area contributed by atoms with Gasteiger partial charge in [0.05, 0.1) is 4.88 Å². The third kappa shape index (κ3) is 3.32. The number of rotatable bonds is 3. The molecule has 0 spiro atoms. The second kappa shape index (κ2) is 7.13. The van der Waals surface area contributed by atoms with E-state index in [0.717, 1.165) is 54.0 Å². The Morgan fingerprint density at radius 2 is 1.96 bits per heavy atom. The summed E-state index contributed by atoms with van der Waals surface area (Å²) in [5, 5.41) is 7.78. The van der Waals surface area contributed by atoms with Crippen LogP contribution < -0.4 is 10.6 Å². The Bertz CT molecular complexity index is 918. The Morgan fingerprint density at radius 1 is 1.14 bits per heavy atom. The highest BCUT2D eigenvalue weighted by atomic mass is 32.1. The third-order valence-electron chi connectivity index (χ3n) is 6.40. The molecule has 2 N–H and O–H groups in total. The lowest BCUT2D eigenvalue weighted by atomic mass is 9.95. The number of amides is 2. The van der Waals surface area contributed by atoms with Crippen molar-refractivity contribution >= 4 is 33.2 Å². The Balaban J connectivity index is 1.31. The van der Waals surface area contributed by atoms with Crippen molar-refractivity contribution in [2.45, 2.75) is 37.4 Å². The van der Waals surface area contributed by atoms with Gasteiger partial charge in [-0.2, -0.15) is 0 Å². The Morgan fingerprint density at radius 3 is 2.68 bits per heavy atom. The molecular weight excluding hydrogens is 372 g/mol. The van der Waals surface area contributed by atoms with E-state index in [4.69, 9.17) is 0 Å². The second-order valence-electron chi connectivity index (χ2n) is 8.32. The first-order valence-corrected chi connectivity index (χ1v) is 11.0. The van der Waals surface area contributed by atoms with Crippen LogP contribution in [0, 0.1) is 0 Å². The number of nitrogens with one attached hydrogen (secondary N) is 2. The minimum Gasteiger partial charge on any atom is -0.348 e. The third-order valence-corrected chi connectivity index (χ3v) is 7.49. The van der Waals surface area contributed by atoms with Crippen molar-refractivity contribution in [1.82, 2.24) is 20.4 Å². The lowest BCUT2D eigenvalue weighted by molar-refractivity contribution is 0.0669. The minimum atomic E-state index is -0.0124. The summed E-state index contributed by atoms with van der Waals surface area (Å²) in [6, 6.07) is 8.94. The van der Waals surface area contributed by atoms with Crippen LogP contribution in [0.1, 0.15) is 39.3 Å². The molecule has 3 fully saturated rings. The highest BCUT2D eigenvalue weighted by molar-refractivity contribution is 7.20. The average Bonchev–Trinajstić information content (AvgIpc) is 3.42. The van der Waals surface area contributed by atoms with Gasteiger partial charge in [0, 0.05) is 54.6 Å². The van der Waals surface area contributed by atoms with E-state index in [-0.39, 0.29) is 17.9 Å². The van der Waals surface area contributed by atoms with Gasteiger partial charge in [0.2, 0.25) is 0 Å². The maximum atomic E-state index is 12.8. The number of hydrogen-bond acceptors (Lipinski definition) is 5. The van der Waals surface area contributed by atoms with Gasteiger partial charge >= 0.3 is 0 Å². The standard InChI is InChI=1S/C21H26N4O2S/c1-24-6-8-25(9-7-24)21(27)19-10-13-2-3-14(11-18(13)28-19)20(26)23-17-12-15-4-5-16(17)22-15/h2-3,10-11,15-17,22H,4-9,12H2,1H3,(H,23,26)/t15-,16+,17-/m1/s1. The van der Waals surface area contributed by atoms with Crippen molar-refractivity contribution in [3.8, 4) is 0 Å². The highest BCUT2D eigenvalue weighted by Crippen LogP contribution is 2.30. The van der Waals surface area contributed by atoms with Gasteiger partial charge < -0.3 is 20.4 Å². The molecule has 3 saturated heterocycles. The molecule has 148 valence electrons. The molecule has 7 heteroatoms. The average molecular weight is 399 g/mol. The molecule has 2 aromatic rings. The Kier molecular flexibility index (Phi) is 4.61. The van der Waals surface area contributed by atoms with Gasteiger partial charge in [-0.05, 0) is 49.9 Å². The summed E-state index contributed by atoms with van der Waals surface area (Å²) in [6.45, 7) is 3.38. The van der Waals surface area contributed by atoms with Crippen molar-refractivity contribution in [2.24, 2.45) is 0 Å². The maximum Gasteiger partial charge on any atom is 0.264 e. The number of hydrogen-bond donors (Lipinski definition) is 2. The molecule has 1 aromatic heterocycles. The molecule has 3 aliphatic rings. The molecule has 6 nitrogen and oxygen atoms in total. The van der Waals surface area contributed by atoms with Crippen LogP contribution in [0.3, 0.4) is 0 Å². The van der Waals surface area contributed by atoms with Crippen LogP contribution in [0.25, 0.3) is 10.1 Å². The smallest absolute Gasteiger partial charge is 0.264 e. The lowest BCUT2D eigenvalue weighted by Crippen LogP contribution is -2.46. The van der Waals surface area contributed by atoms with Gasteiger partial charge in [0.15, 0.2) is 0 Å². The first-order chi connectivity index (χ1) is 13.6. The van der Waals surface area contributed by atoms with Crippen LogP contribution >= 0.6 is 11.3 Å². The molecule has 1 aromatic carbocycles. The van der Waals surface area contributed by atoms with E-state index in [9.17, 15) is 9.59 Å². The molecule has 0 aliphatic carbocycles. The zero-order valence-electron chi connectivity index (χ0n) is 16.1. The molecule has 0 radical (unpaired) electrons. The lowest BCUT2D eigenvalue weighted by Gasteiger charge is -2.32. The van der Waals surface area contributed by atoms with Crippen LogP contribution in [0.4, 0.5) is 0 Å². The highest BCUT2D eigenvalue weighted by Gasteiger charge is 2.39. The number of carbonyl (C=O) groups excluding carboxylic acids is 2. The molecule has 3 aliphatic heterocycles. The normalized spacial score (nSPS) is 27.5. The number of nitrogens with zero attached hydrogens (tertiary/aromatic N) is 2. The Hall–Kier alpha value is -1.96. The summed E-state index contributed by atoms with van der Waals surface area (Å²) >= 11 is 1.49. The fourth-order valence-electron chi connectivity index (χ4n) is 4.68. The molecule has 3 atom stereocenters. The van der Waals surface area contributed by atoms with E-state index in [0.29, 0.717) is 17.6 Å². The topological polar surface area (TPSA) is 64.7 Å². The molecule has 0 unspecified atom stereocenters. The summed E-state index contributed by atoms with van der Waals surface area (Å²) < 4.78 is 0.996. The van der Waals surface area contributed by atoms with E-state index in [1.807, 2.05) is 29.2 Å². The van der Waals surface area contributed by atoms with Gasteiger partial charge in [0.1, 0.15) is 0 Å². The molecule has 0 saturated carbocycles. The number of benzene rings is 1. The van der Waals surface area contributed by atoms with Crippen LogP contribution in [0.15, 0.2) is 24.3 Å². The second-order valence-corrected chi connectivity index (χ2v) is 9.41. The van der Waals surface area contributed by atoms with Crippen LogP contribution in [-0.4, -0.2) is 73.0 Å². The molecule has 2 bridgehead atoms. The van der Waals surface area contributed by atoms with E-state index >= 15 is 0 Å². The van der Waals surface area contributed by atoms with Crippen molar-refractivity contribution in [3.05, 3.63) is 34.7 Å². The number of carbonyl (C=O) groups is 2. The van der Waals surface area contributed by atoms with Gasteiger partial charge in [-0.15, -0.1) is 11.3 Å². The van der Waals surface area contributed by atoms with Crippen LogP contribution in [0.2, 0.25) is 0 Å². The van der Waals surface area contributed by atoms with Gasteiger partial charge in [-0.1, -0.05) is 6.07 Å². The molecular formula is C21H26N4O2S. The van der Waals surface area contributed by atoms with E-state index in [1.54, 1.807) is 0 Å². The largest absolute Gasteiger partial charge is 0.348 e. The van der Waals surface area contributed by atoms with Crippen LogP contribution in [0.5, 0.6) is 0 Å². The monoisotopic (exact) mass is 398 g/mol. The minimum absolute atomic E-state index is 0.0124. The zero-order valence-corrected chi connectivity index (χ0v) is 16.9. The summed E-state index contributed by atoms with van der Waals surface area (Å²) in [4.78, 5) is 30.5. The fraction of sp³-hybridized carbons (Fsp3) is 0.524. The Labute approximate surface area is 168 Å². The van der Waals surface area contributed by atoms with E-state index < -0.39 is 0 Å².